The molecule has 8 aromatic rings. The molecule has 0 unspecified atom stereocenters. The lowest BCUT2D eigenvalue weighted by atomic mass is 9.33. The molecule has 7 heteroatoms. The first kappa shape index (κ1) is 44.2. The maximum Gasteiger partial charge on any atom is 0.252 e. The molecule has 0 spiro atoms. The van der Waals surface area contributed by atoms with E-state index in [-0.39, 0.29) is 28.4 Å². The van der Waals surface area contributed by atoms with E-state index >= 15 is 0 Å². The fourth-order valence-electron chi connectivity index (χ4n) is 10.7. The van der Waals surface area contributed by atoms with Crippen LogP contribution in [0.2, 0.25) is 0 Å². The van der Waals surface area contributed by atoms with Crippen LogP contribution in [0.4, 0.5) is 34.1 Å². The van der Waals surface area contributed by atoms with Gasteiger partial charge in [0.05, 0.1) is 34.1 Å². The van der Waals surface area contributed by atoms with Crippen LogP contribution in [0.15, 0.2) is 159 Å². The highest BCUT2D eigenvalue weighted by Gasteiger charge is 2.49. The molecule has 4 aliphatic heterocycles. The van der Waals surface area contributed by atoms with Crippen molar-refractivity contribution in [3.05, 3.63) is 162 Å². The summed E-state index contributed by atoms with van der Waals surface area (Å²) >= 11 is 3.89. The van der Waals surface area contributed by atoms with Gasteiger partial charge in [0.1, 0.15) is 0 Å². The van der Waals surface area contributed by atoms with Crippen LogP contribution in [0.5, 0.6) is 0 Å². The first-order valence-corrected chi connectivity index (χ1v) is 26.1. The van der Waals surface area contributed by atoms with Crippen LogP contribution in [0.25, 0.3) is 33.9 Å². The van der Waals surface area contributed by atoms with Gasteiger partial charge in [-0.15, -0.1) is 0 Å². The van der Waals surface area contributed by atoms with Crippen LogP contribution in [0.3, 0.4) is 0 Å². The zero-order valence-corrected chi connectivity index (χ0v) is 43.6. The zero-order chi connectivity index (χ0) is 48.1. The van der Waals surface area contributed by atoms with Crippen LogP contribution in [-0.4, -0.2) is 16.7 Å². The van der Waals surface area contributed by atoms with Gasteiger partial charge in [0, 0.05) is 47.6 Å². The standard InChI is InChI=1S/C62H59BN4S2/c1-59(2,3)39-23-25-47-51(31-39)68-53-33-41(61(7,8)9)29-43-56(53)66(47)49-27-38(46-35-45(36-19-15-13-16-20-36)64-58(65-46)37-21-17-14-18-22-37)28-50-55(49)63(43)44-30-42(62(10,11)12)34-54-57(44)67(50)48-26-24-40(60(4,5)6)32-52(48)69-54/h13-35H,1-12H3. The molecule has 0 N–H and O–H groups in total. The van der Waals surface area contributed by atoms with Crippen molar-refractivity contribution in [1.82, 2.24) is 9.97 Å². The highest BCUT2D eigenvalue weighted by atomic mass is 32.2. The minimum absolute atomic E-state index is 0.000997. The van der Waals surface area contributed by atoms with E-state index in [1.54, 1.807) is 0 Å². The summed E-state index contributed by atoms with van der Waals surface area (Å²) in [7, 11) is 0. The molecule has 342 valence electrons. The topological polar surface area (TPSA) is 32.3 Å². The van der Waals surface area contributed by atoms with Crippen molar-refractivity contribution < 1.29 is 0 Å². The number of fused-ring (bicyclic) bond motifs is 8. The van der Waals surface area contributed by atoms with Crippen molar-refractivity contribution >= 4 is 80.7 Å². The largest absolute Gasteiger partial charge is 0.309 e. The van der Waals surface area contributed by atoms with Crippen LogP contribution in [-0.2, 0) is 21.7 Å². The molecule has 0 radical (unpaired) electrons. The van der Waals surface area contributed by atoms with E-state index in [0.717, 1.165) is 28.1 Å². The Morgan fingerprint density at radius 3 is 1.22 bits per heavy atom. The maximum absolute atomic E-state index is 5.50. The normalized spacial score (nSPS) is 14.5. The highest BCUT2D eigenvalue weighted by Crippen LogP contribution is 2.59. The third-order valence-electron chi connectivity index (χ3n) is 14.6. The maximum atomic E-state index is 5.50. The van der Waals surface area contributed by atoms with Gasteiger partial charge in [0.2, 0.25) is 0 Å². The molecule has 0 atom stereocenters. The predicted molar refractivity (Wildman–Crippen MR) is 295 cm³/mol. The lowest BCUT2D eigenvalue weighted by Gasteiger charge is -2.48. The van der Waals surface area contributed by atoms with E-state index in [1.807, 2.05) is 23.5 Å². The molecule has 1 aromatic heterocycles. The molecule has 4 nitrogen and oxygen atoms in total. The Morgan fingerprint density at radius 1 is 0.377 bits per heavy atom. The molecule has 69 heavy (non-hydrogen) atoms. The number of nitrogens with zero attached hydrogens (tertiary/aromatic N) is 4. The summed E-state index contributed by atoms with van der Waals surface area (Å²) in [6.45, 7) is 28.1. The molecule has 0 amide bonds. The Kier molecular flexibility index (Phi) is 9.77. The van der Waals surface area contributed by atoms with Crippen molar-refractivity contribution in [2.24, 2.45) is 0 Å². The molecule has 5 heterocycles. The van der Waals surface area contributed by atoms with E-state index in [2.05, 4.69) is 232 Å². The summed E-state index contributed by atoms with van der Waals surface area (Å²) in [6.07, 6.45) is 0. The predicted octanol–water partition coefficient (Wildman–Crippen LogP) is 15.7. The Balaban J connectivity index is 1.22. The van der Waals surface area contributed by atoms with Crippen molar-refractivity contribution in [1.29, 1.82) is 0 Å². The fraction of sp³-hybridized carbons (Fsp3) is 0.258. The average molecular weight is 935 g/mol. The molecule has 0 aliphatic carbocycles. The molecular formula is C62H59BN4S2. The summed E-state index contributed by atoms with van der Waals surface area (Å²) in [6, 6.07) is 52.7. The Bertz CT molecular complexity index is 3220. The van der Waals surface area contributed by atoms with Gasteiger partial charge in [-0.1, -0.05) is 192 Å². The van der Waals surface area contributed by atoms with Gasteiger partial charge < -0.3 is 9.80 Å². The van der Waals surface area contributed by atoms with Gasteiger partial charge in [0.15, 0.2) is 5.82 Å². The molecule has 0 fully saturated rings. The molecule has 12 rings (SSSR count). The van der Waals surface area contributed by atoms with Crippen molar-refractivity contribution in [2.45, 2.75) is 124 Å². The monoisotopic (exact) mass is 934 g/mol. The summed E-state index contributed by atoms with van der Waals surface area (Å²) in [5, 5.41) is 0. The quantitative estimate of drug-likeness (QED) is 0.164. The minimum atomic E-state index is -0.0652. The minimum Gasteiger partial charge on any atom is -0.309 e. The van der Waals surface area contributed by atoms with Gasteiger partial charge in [-0.2, -0.15) is 0 Å². The van der Waals surface area contributed by atoms with E-state index < -0.39 is 0 Å². The van der Waals surface area contributed by atoms with Gasteiger partial charge in [-0.05, 0) is 115 Å². The van der Waals surface area contributed by atoms with Crippen molar-refractivity contribution in [2.75, 3.05) is 9.80 Å². The van der Waals surface area contributed by atoms with Crippen LogP contribution in [0.1, 0.15) is 105 Å². The number of aromatic nitrogens is 2. The average Bonchev–Trinajstić information content (AvgIpc) is 3.31. The first-order chi connectivity index (χ1) is 32.7. The third kappa shape index (κ3) is 7.20. The number of hydrogen-bond acceptors (Lipinski definition) is 6. The van der Waals surface area contributed by atoms with Gasteiger partial charge in [0.25, 0.3) is 6.71 Å². The Labute approximate surface area is 418 Å². The van der Waals surface area contributed by atoms with Crippen molar-refractivity contribution in [3.63, 3.8) is 0 Å². The second kappa shape index (κ2) is 15.2. The summed E-state index contributed by atoms with van der Waals surface area (Å²) in [4.78, 5) is 21.2. The number of rotatable bonds is 3. The summed E-state index contributed by atoms with van der Waals surface area (Å²) in [5.74, 6) is 0.713. The second-order valence-corrected chi connectivity index (χ2v) is 25.8. The molecule has 0 saturated carbocycles. The highest BCUT2D eigenvalue weighted by molar-refractivity contribution is 8.00. The van der Waals surface area contributed by atoms with Gasteiger partial charge in [-0.3, -0.25) is 0 Å². The second-order valence-electron chi connectivity index (χ2n) is 23.6. The number of benzene rings is 7. The van der Waals surface area contributed by atoms with Crippen LogP contribution < -0.4 is 26.2 Å². The molecule has 0 saturated heterocycles. The van der Waals surface area contributed by atoms with Crippen LogP contribution in [0, 0.1) is 0 Å². The van der Waals surface area contributed by atoms with Crippen molar-refractivity contribution in [3.8, 4) is 33.9 Å². The lowest BCUT2D eigenvalue weighted by molar-refractivity contribution is 0.588. The first-order valence-electron chi connectivity index (χ1n) is 24.5. The van der Waals surface area contributed by atoms with Gasteiger partial charge >= 0.3 is 0 Å². The van der Waals surface area contributed by atoms with Gasteiger partial charge in [-0.25, -0.2) is 9.97 Å². The fourth-order valence-corrected chi connectivity index (χ4v) is 13.0. The SMILES string of the molecule is CC(C)(C)c1ccc2c(c1)Sc1cc(C(C)(C)C)cc3c1N2c1cc(-c2cc(-c4ccccc4)nc(-c4ccccc4)n2)cc2c1B3c1cc(C(C)(C)C)cc3c1N2c1ccc(C(C)(C)C)cc1S3. The summed E-state index contributed by atoms with van der Waals surface area (Å²) in [5.41, 5.74) is 21.7. The van der Waals surface area contributed by atoms with E-state index in [1.165, 1.54) is 92.3 Å². The smallest absolute Gasteiger partial charge is 0.252 e. The molecular weight excluding hydrogens is 876 g/mol. The van der Waals surface area contributed by atoms with E-state index in [9.17, 15) is 0 Å². The van der Waals surface area contributed by atoms with E-state index in [4.69, 9.17) is 9.97 Å². The molecule has 7 aromatic carbocycles. The number of anilines is 6. The zero-order valence-electron chi connectivity index (χ0n) is 42.0. The molecule has 0 bridgehead atoms. The van der Waals surface area contributed by atoms with Crippen LogP contribution >= 0.6 is 23.5 Å². The Morgan fingerprint density at radius 2 is 0.783 bits per heavy atom. The number of hydrogen-bond donors (Lipinski definition) is 0. The Hall–Kier alpha value is -6.02. The van der Waals surface area contributed by atoms with E-state index in [0.29, 0.717) is 5.82 Å². The third-order valence-corrected chi connectivity index (χ3v) is 16.8. The molecule has 4 aliphatic rings. The summed E-state index contributed by atoms with van der Waals surface area (Å²) < 4.78 is 0. The lowest BCUT2D eigenvalue weighted by Crippen LogP contribution is -2.62.